The first-order chi connectivity index (χ1) is 25.6. The Kier molecular flexibility index (Phi) is 8.98. The minimum absolute atomic E-state index is 0.284. The van der Waals surface area contributed by atoms with Gasteiger partial charge >= 0.3 is 12.4 Å². The lowest BCUT2D eigenvalue weighted by Gasteiger charge is -2.28. The number of hydrogen-bond acceptors (Lipinski definition) is 10. The number of rotatable bonds is 3. The standard InChI is InChI=1S/C38H8F6N10/c39-37(40,41)35-31-27(15-53)25(13-51)29(23(11-49)21-3-17(7-45)1-18(4-21)8-46)33(31)36(38(42,43)44)34-30(26(14-52)28(16-54)32(34)35)24(12-50)22-5-19(9-47)2-20(6-22)10-48/h1-6,23,29H/b30-24-. The average Bonchev–Trinajstić information content (AvgIpc) is 3.64. The van der Waals surface area contributed by atoms with Gasteiger partial charge < -0.3 is 0 Å². The van der Waals surface area contributed by atoms with E-state index in [0.717, 1.165) is 36.4 Å². The van der Waals surface area contributed by atoms with Gasteiger partial charge in [-0.1, -0.05) is 0 Å². The molecule has 252 valence electrons. The number of fused-ring (bicyclic) bond motifs is 2. The van der Waals surface area contributed by atoms with Gasteiger partial charge in [0.05, 0.1) is 104 Å². The molecule has 0 saturated carbocycles. The fourth-order valence-corrected chi connectivity index (χ4v) is 6.74. The Hall–Kier alpha value is -8.64. The summed E-state index contributed by atoms with van der Waals surface area (Å²) in [6, 6.07) is 21.3. The summed E-state index contributed by atoms with van der Waals surface area (Å²) in [6.45, 7) is 0. The molecule has 54 heavy (non-hydrogen) atoms. The minimum Gasteiger partial charge on any atom is -0.198 e. The van der Waals surface area contributed by atoms with Crippen molar-refractivity contribution in [3.63, 3.8) is 0 Å². The number of nitrogens with zero attached hydrogens (tertiary/aromatic N) is 10. The van der Waals surface area contributed by atoms with E-state index >= 15 is 26.3 Å². The molecule has 10 nitrogen and oxygen atoms in total. The van der Waals surface area contributed by atoms with E-state index < -0.39 is 96.6 Å². The number of alkyl halides is 6. The largest absolute Gasteiger partial charge is 0.417 e. The van der Waals surface area contributed by atoms with Crippen LogP contribution in [-0.4, -0.2) is 0 Å². The third-order valence-corrected chi connectivity index (χ3v) is 8.59. The highest BCUT2D eigenvalue weighted by Gasteiger charge is 2.55. The summed E-state index contributed by atoms with van der Waals surface area (Å²) in [7, 11) is 0. The minimum atomic E-state index is -5.78. The molecule has 0 spiro atoms. The van der Waals surface area contributed by atoms with Crippen LogP contribution in [0.15, 0.2) is 47.5 Å². The molecule has 0 bridgehead atoms. The van der Waals surface area contributed by atoms with E-state index in [4.69, 9.17) is 0 Å². The van der Waals surface area contributed by atoms with Gasteiger partial charge in [0.25, 0.3) is 0 Å². The number of nitriles is 10. The van der Waals surface area contributed by atoms with E-state index in [1.807, 2.05) is 0 Å². The van der Waals surface area contributed by atoms with Crippen LogP contribution in [0, 0.1) is 113 Å². The molecule has 2 unspecified atom stereocenters. The second-order valence-corrected chi connectivity index (χ2v) is 11.3. The zero-order valence-electron chi connectivity index (χ0n) is 26.4. The second-order valence-electron chi connectivity index (χ2n) is 11.3. The maximum atomic E-state index is 15.8. The van der Waals surface area contributed by atoms with Crippen molar-refractivity contribution in [2.75, 3.05) is 0 Å². The first-order valence-corrected chi connectivity index (χ1v) is 14.6. The molecule has 0 radical (unpaired) electrons. The highest BCUT2D eigenvalue weighted by molar-refractivity contribution is 6.18. The summed E-state index contributed by atoms with van der Waals surface area (Å²) in [5, 5.41) is 99.8. The fourth-order valence-electron chi connectivity index (χ4n) is 6.74. The maximum Gasteiger partial charge on any atom is 0.417 e. The van der Waals surface area contributed by atoms with Crippen molar-refractivity contribution < 1.29 is 26.3 Å². The maximum absolute atomic E-state index is 15.8. The van der Waals surface area contributed by atoms with Gasteiger partial charge in [-0.3, -0.25) is 0 Å². The third kappa shape index (κ3) is 5.46. The van der Waals surface area contributed by atoms with E-state index in [-0.39, 0.29) is 27.8 Å². The Morgan fingerprint density at radius 1 is 0.519 bits per heavy atom. The lowest BCUT2D eigenvalue weighted by atomic mass is 9.75. The first kappa shape index (κ1) is 36.6. The quantitative estimate of drug-likeness (QED) is 0.189. The van der Waals surface area contributed by atoms with Gasteiger partial charge in [0.2, 0.25) is 0 Å². The van der Waals surface area contributed by atoms with E-state index in [1.54, 1.807) is 36.4 Å². The zero-order valence-corrected chi connectivity index (χ0v) is 26.4. The second kappa shape index (κ2) is 13.2. The molecule has 0 aliphatic heterocycles. The van der Waals surface area contributed by atoms with Crippen LogP contribution < -0.4 is 0 Å². The van der Waals surface area contributed by atoms with Crippen molar-refractivity contribution in [1.82, 2.24) is 0 Å². The van der Waals surface area contributed by atoms with Crippen molar-refractivity contribution in [2.45, 2.75) is 24.2 Å². The van der Waals surface area contributed by atoms with Crippen LogP contribution in [0.25, 0.3) is 22.3 Å². The molecular formula is C38H8F6N10. The van der Waals surface area contributed by atoms with Gasteiger partial charge in [-0.05, 0) is 53.1 Å². The molecule has 0 amide bonds. The van der Waals surface area contributed by atoms with Crippen LogP contribution in [0.4, 0.5) is 26.3 Å². The Morgan fingerprint density at radius 3 is 1.39 bits per heavy atom. The Bertz CT molecular complexity index is 2750. The van der Waals surface area contributed by atoms with E-state index in [9.17, 15) is 52.6 Å². The molecule has 0 aromatic heterocycles. The van der Waals surface area contributed by atoms with Crippen molar-refractivity contribution in [2.24, 2.45) is 0 Å². The predicted octanol–water partition coefficient (Wildman–Crippen LogP) is 7.67. The normalized spacial score (nSPS) is 15.6. The van der Waals surface area contributed by atoms with Crippen molar-refractivity contribution in [3.8, 4) is 60.7 Å². The molecular weight excluding hydrogens is 710 g/mol. The Morgan fingerprint density at radius 2 is 1.00 bits per heavy atom. The van der Waals surface area contributed by atoms with E-state index in [0.29, 0.717) is 0 Å². The molecule has 16 heteroatoms. The average molecular weight is 719 g/mol. The van der Waals surface area contributed by atoms with Crippen LogP contribution in [0.1, 0.15) is 78.6 Å². The first-order valence-electron chi connectivity index (χ1n) is 14.6. The molecule has 2 atom stereocenters. The number of halogens is 6. The molecule has 0 saturated heterocycles. The summed E-state index contributed by atoms with van der Waals surface area (Å²) in [5.41, 5.74) is -18.8. The molecule has 2 aliphatic rings. The van der Waals surface area contributed by atoms with Crippen molar-refractivity contribution in [3.05, 3.63) is 114 Å². The lowest BCUT2D eigenvalue weighted by Crippen LogP contribution is -2.23. The summed E-state index contributed by atoms with van der Waals surface area (Å²) >= 11 is 0. The van der Waals surface area contributed by atoms with E-state index in [1.165, 1.54) is 24.3 Å². The van der Waals surface area contributed by atoms with E-state index in [2.05, 4.69) is 0 Å². The van der Waals surface area contributed by atoms with Crippen LogP contribution in [0.3, 0.4) is 0 Å². The molecule has 0 heterocycles. The smallest absolute Gasteiger partial charge is 0.198 e. The van der Waals surface area contributed by atoms with Gasteiger partial charge in [0.1, 0.15) is 24.3 Å². The van der Waals surface area contributed by atoms with Gasteiger partial charge in [-0.2, -0.15) is 79.0 Å². The van der Waals surface area contributed by atoms with Gasteiger partial charge in [0, 0.05) is 28.2 Å². The van der Waals surface area contributed by atoms with Crippen LogP contribution in [0.2, 0.25) is 0 Å². The molecule has 3 aromatic rings. The molecule has 0 N–H and O–H groups in total. The summed E-state index contributed by atoms with van der Waals surface area (Å²) in [4.78, 5) is 0. The molecule has 5 rings (SSSR count). The highest BCUT2D eigenvalue weighted by atomic mass is 19.4. The number of hydrogen-bond donors (Lipinski definition) is 0. The third-order valence-electron chi connectivity index (χ3n) is 8.59. The SMILES string of the molecule is N#CC1=C(C#N)c2c(c(C(F)(F)F)c3c(c2C(F)(F)F)C(C#N)=C(C#N)C3C(C#N)c2cc(C#N)cc(C#N)c2)/C1=C(/C#N)c1cc(C#N)cc(C#N)c1. The number of benzene rings is 3. The van der Waals surface area contributed by atoms with Gasteiger partial charge in [-0.25, -0.2) is 0 Å². The monoisotopic (exact) mass is 718 g/mol. The molecule has 0 fully saturated rings. The Balaban J connectivity index is 2.16. The van der Waals surface area contributed by atoms with Crippen LogP contribution in [-0.2, 0) is 12.4 Å². The zero-order chi connectivity index (χ0) is 39.9. The van der Waals surface area contributed by atoms with Crippen molar-refractivity contribution >= 4 is 22.3 Å². The predicted molar refractivity (Wildman–Crippen MR) is 168 cm³/mol. The van der Waals surface area contributed by atoms with Gasteiger partial charge in [0.15, 0.2) is 0 Å². The number of allylic oxidation sites excluding steroid dienone is 6. The highest BCUT2D eigenvalue weighted by Crippen LogP contribution is 2.62. The Labute approximate surface area is 300 Å². The summed E-state index contributed by atoms with van der Waals surface area (Å²) in [6.07, 6.45) is -11.5. The van der Waals surface area contributed by atoms with Gasteiger partial charge in [-0.15, -0.1) is 0 Å². The topological polar surface area (TPSA) is 238 Å². The van der Waals surface area contributed by atoms with Crippen LogP contribution in [0.5, 0.6) is 0 Å². The lowest BCUT2D eigenvalue weighted by molar-refractivity contribution is -0.142. The summed E-state index contributed by atoms with van der Waals surface area (Å²) in [5.74, 6) is -4.41. The fraction of sp³-hybridized carbons (Fsp3) is 0.105. The summed E-state index contributed by atoms with van der Waals surface area (Å²) < 4.78 is 93.8. The van der Waals surface area contributed by atoms with Crippen LogP contribution >= 0.6 is 0 Å². The molecule has 3 aromatic carbocycles. The van der Waals surface area contributed by atoms with Crippen molar-refractivity contribution in [1.29, 1.82) is 52.6 Å². The molecule has 2 aliphatic carbocycles.